The summed E-state index contributed by atoms with van der Waals surface area (Å²) in [6.07, 6.45) is -1.03. The number of aliphatic hydroxyl groups excluding tert-OH is 1. The summed E-state index contributed by atoms with van der Waals surface area (Å²) in [7, 11) is 0. The SMILES string of the molecule is CCN(NCCO)C(=O)O. The lowest BCUT2D eigenvalue weighted by Crippen LogP contribution is -2.43. The summed E-state index contributed by atoms with van der Waals surface area (Å²) in [5.74, 6) is 0. The molecule has 0 aromatic rings. The van der Waals surface area contributed by atoms with Gasteiger partial charge in [-0.3, -0.25) is 0 Å². The number of aliphatic hydroxyl groups is 1. The quantitative estimate of drug-likeness (QED) is 0.469. The first-order valence-electron chi connectivity index (χ1n) is 3.07. The summed E-state index contributed by atoms with van der Waals surface area (Å²) in [6.45, 7) is 2.28. The molecule has 0 fully saturated rings. The lowest BCUT2D eigenvalue weighted by molar-refractivity contribution is 0.118. The standard InChI is InChI=1S/C5H12N2O3/c1-2-7(5(9)10)6-3-4-8/h6,8H,2-4H2,1H3,(H,9,10). The second kappa shape index (κ2) is 5.01. The van der Waals surface area contributed by atoms with Crippen molar-refractivity contribution in [1.82, 2.24) is 10.4 Å². The predicted octanol–water partition coefficient (Wildman–Crippen LogP) is -0.517. The van der Waals surface area contributed by atoms with Crippen molar-refractivity contribution in [3.63, 3.8) is 0 Å². The molecule has 0 aromatic heterocycles. The minimum absolute atomic E-state index is 0.0657. The Hall–Kier alpha value is -0.810. The number of hydrazine groups is 1. The van der Waals surface area contributed by atoms with E-state index < -0.39 is 6.09 Å². The van der Waals surface area contributed by atoms with E-state index in [1.54, 1.807) is 6.92 Å². The zero-order valence-corrected chi connectivity index (χ0v) is 5.87. The van der Waals surface area contributed by atoms with Gasteiger partial charge in [0.25, 0.3) is 0 Å². The molecule has 3 N–H and O–H groups in total. The Morgan fingerprint density at radius 2 is 2.30 bits per heavy atom. The van der Waals surface area contributed by atoms with Gasteiger partial charge in [-0.25, -0.2) is 15.2 Å². The maximum atomic E-state index is 10.2. The number of nitrogens with one attached hydrogen (secondary N) is 1. The van der Waals surface area contributed by atoms with Crippen LogP contribution in [-0.2, 0) is 0 Å². The van der Waals surface area contributed by atoms with Crippen LogP contribution >= 0.6 is 0 Å². The third kappa shape index (κ3) is 3.26. The number of nitrogens with zero attached hydrogens (tertiary/aromatic N) is 1. The van der Waals surface area contributed by atoms with Gasteiger partial charge in [0.1, 0.15) is 0 Å². The van der Waals surface area contributed by atoms with Gasteiger partial charge in [-0.05, 0) is 6.92 Å². The van der Waals surface area contributed by atoms with Crippen LogP contribution in [0.4, 0.5) is 4.79 Å². The van der Waals surface area contributed by atoms with E-state index in [1.165, 1.54) is 0 Å². The molecule has 0 bridgehead atoms. The fourth-order valence-corrected chi connectivity index (χ4v) is 0.500. The third-order valence-electron chi connectivity index (χ3n) is 0.962. The Labute approximate surface area is 59.2 Å². The molecule has 5 heteroatoms. The molecular weight excluding hydrogens is 136 g/mol. The largest absolute Gasteiger partial charge is 0.464 e. The molecule has 0 atom stereocenters. The van der Waals surface area contributed by atoms with Crippen LogP contribution < -0.4 is 5.43 Å². The Morgan fingerprint density at radius 3 is 2.60 bits per heavy atom. The number of rotatable bonds is 4. The van der Waals surface area contributed by atoms with Gasteiger partial charge in [-0.2, -0.15) is 0 Å². The van der Waals surface area contributed by atoms with Crippen LogP contribution in [-0.4, -0.2) is 41.0 Å². The lowest BCUT2D eigenvalue weighted by Gasteiger charge is -2.16. The molecule has 0 radical (unpaired) electrons. The maximum Gasteiger partial charge on any atom is 0.421 e. The average molecular weight is 148 g/mol. The molecule has 0 heterocycles. The van der Waals surface area contributed by atoms with Crippen molar-refractivity contribution in [3.8, 4) is 0 Å². The molecular formula is C5H12N2O3. The molecule has 5 nitrogen and oxygen atoms in total. The summed E-state index contributed by atoms with van der Waals surface area (Å²) in [5, 5.41) is 17.7. The molecule has 0 spiro atoms. The van der Waals surface area contributed by atoms with E-state index in [9.17, 15) is 4.79 Å². The van der Waals surface area contributed by atoms with Crippen molar-refractivity contribution in [2.75, 3.05) is 19.7 Å². The van der Waals surface area contributed by atoms with E-state index >= 15 is 0 Å². The van der Waals surface area contributed by atoms with Gasteiger partial charge in [0.2, 0.25) is 0 Å². The summed E-state index contributed by atoms with van der Waals surface area (Å²) in [5.41, 5.74) is 2.50. The highest BCUT2D eigenvalue weighted by Crippen LogP contribution is 1.80. The number of hydrogen-bond acceptors (Lipinski definition) is 3. The minimum Gasteiger partial charge on any atom is -0.464 e. The van der Waals surface area contributed by atoms with Crippen molar-refractivity contribution in [1.29, 1.82) is 0 Å². The molecule has 0 aliphatic rings. The zero-order chi connectivity index (χ0) is 7.98. The fourth-order valence-electron chi connectivity index (χ4n) is 0.500. The lowest BCUT2D eigenvalue weighted by atomic mass is 10.7. The van der Waals surface area contributed by atoms with Crippen LogP contribution in [0.2, 0.25) is 0 Å². The molecule has 0 aliphatic carbocycles. The molecule has 1 amide bonds. The van der Waals surface area contributed by atoms with E-state index in [0.717, 1.165) is 5.01 Å². The van der Waals surface area contributed by atoms with Crippen molar-refractivity contribution in [3.05, 3.63) is 0 Å². The molecule has 0 saturated heterocycles. The molecule has 0 aromatic carbocycles. The van der Waals surface area contributed by atoms with E-state index in [4.69, 9.17) is 10.2 Å². The van der Waals surface area contributed by atoms with Crippen molar-refractivity contribution >= 4 is 6.09 Å². The first kappa shape index (κ1) is 9.19. The number of carboxylic acid groups (broad SMARTS) is 1. The molecule has 10 heavy (non-hydrogen) atoms. The van der Waals surface area contributed by atoms with Gasteiger partial charge in [0.05, 0.1) is 6.61 Å². The van der Waals surface area contributed by atoms with Gasteiger partial charge in [0, 0.05) is 13.1 Å². The van der Waals surface area contributed by atoms with E-state index in [-0.39, 0.29) is 13.2 Å². The Morgan fingerprint density at radius 1 is 1.70 bits per heavy atom. The number of amides is 1. The molecule has 0 rings (SSSR count). The zero-order valence-electron chi connectivity index (χ0n) is 5.87. The minimum atomic E-state index is -1.03. The van der Waals surface area contributed by atoms with Crippen LogP contribution in [0.25, 0.3) is 0 Å². The second-order valence-electron chi connectivity index (χ2n) is 1.66. The molecule has 0 saturated carbocycles. The normalized spacial score (nSPS) is 9.40. The van der Waals surface area contributed by atoms with Crippen molar-refractivity contribution in [2.24, 2.45) is 0 Å². The highest BCUT2D eigenvalue weighted by Gasteiger charge is 2.05. The summed E-state index contributed by atoms with van der Waals surface area (Å²) < 4.78 is 0. The van der Waals surface area contributed by atoms with Crippen LogP contribution in [0.15, 0.2) is 0 Å². The first-order valence-corrected chi connectivity index (χ1v) is 3.07. The second-order valence-corrected chi connectivity index (χ2v) is 1.66. The monoisotopic (exact) mass is 148 g/mol. The summed E-state index contributed by atoms with van der Waals surface area (Å²) >= 11 is 0. The van der Waals surface area contributed by atoms with Crippen LogP contribution in [0.3, 0.4) is 0 Å². The molecule has 60 valence electrons. The summed E-state index contributed by atoms with van der Waals surface area (Å²) in [6, 6.07) is 0. The molecule has 0 unspecified atom stereocenters. The Kier molecular flexibility index (Phi) is 4.61. The third-order valence-corrected chi connectivity index (χ3v) is 0.962. The topological polar surface area (TPSA) is 72.8 Å². The highest BCUT2D eigenvalue weighted by molar-refractivity contribution is 5.64. The van der Waals surface area contributed by atoms with E-state index in [2.05, 4.69) is 5.43 Å². The van der Waals surface area contributed by atoms with Gasteiger partial charge in [-0.1, -0.05) is 0 Å². The van der Waals surface area contributed by atoms with Gasteiger partial charge >= 0.3 is 6.09 Å². The average Bonchev–Trinajstić information content (AvgIpc) is 1.89. The van der Waals surface area contributed by atoms with Crippen LogP contribution in [0.1, 0.15) is 6.92 Å². The highest BCUT2D eigenvalue weighted by atomic mass is 16.4. The van der Waals surface area contributed by atoms with Crippen molar-refractivity contribution < 1.29 is 15.0 Å². The van der Waals surface area contributed by atoms with Crippen molar-refractivity contribution in [2.45, 2.75) is 6.92 Å². The van der Waals surface area contributed by atoms with Gasteiger partial charge < -0.3 is 10.2 Å². The summed E-state index contributed by atoms with van der Waals surface area (Å²) in [4.78, 5) is 10.2. The maximum absolute atomic E-state index is 10.2. The Bertz CT molecular complexity index is 107. The van der Waals surface area contributed by atoms with Gasteiger partial charge in [-0.15, -0.1) is 0 Å². The predicted molar refractivity (Wildman–Crippen MR) is 35.5 cm³/mol. The van der Waals surface area contributed by atoms with Crippen LogP contribution in [0, 0.1) is 0 Å². The number of hydrogen-bond donors (Lipinski definition) is 3. The Balaban J connectivity index is 3.50. The van der Waals surface area contributed by atoms with E-state index in [0.29, 0.717) is 6.54 Å². The van der Waals surface area contributed by atoms with Gasteiger partial charge in [0.15, 0.2) is 0 Å². The number of carbonyl (C=O) groups is 1. The first-order chi connectivity index (χ1) is 4.72. The van der Waals surface area contributed by atoms with Crippen LogP contribution in [0.5, 0.6) is 0 Å². The molecule has 0 aliphatic heterocycles. The van der Waals surface area contributed by atoms with E-state index in [1.807, 2.05) is 0 Å². The fraction of sp³-hybridized carbons (Fsp3) is 0.800. The smallest absolute Gasteiger partial charge is 0.421 e.